The molecule has 262 valence electrons. The van der Waals surface area contributed by atoms with Gasteiger partial charge in [0.05, 0.1) is 19.0 Å². The number of fused-ring (bicyclic) bond motifs is 3. The number of furan rings is 1. The number of carbonyl (C=O) groups excluding carboxylic acids is 2. The van der Waals surface area contributed by atoms with Crippen LogP contribution in [0.25, 0.3) is 32.8 Å². The second-order valence-electron chi connectivity index (χ2n) is 12.3. The molecule has 0 fully saturated rings. The Morgan fingerprint density at radius 3 is 2.37 bits per heavy atom. The van der Waals surface area contributed by atoms with Crippen LogP contribution in [0.4, 0.5) is 9.59 Å². The van der Waals surface area contributed by atoms with Crippen molar-refractivity contribution in [1.29, 1.82) is 0 Å². The Balaban J connectivity index is 0.000000177. The molecule has 4 N–H and O–H groups in total. The smallest absolute Gasteiger partial charge is 0.317 e. The van der Waals surface area contributed by atoms with Crippen molar-refractivity contribution in [2.75, 3.05) is 27.7 Å². The number of carbonyl (C=O) groups is 2. The lowest BCUT2D eigenvalue weighted by atomic mass is 10.1. The number of H-pyrrole nitrogens is 2. The summed E-state index contributed by atoms with van der Waals surface area (Å²) in [4.78, 5) is 34.6. The molecule has 3 heterocycles. The van der Waals surface area contributed by atoms with E-state index in [0.717, 1.165) is 50.6 Å². The van der Waals surface area contributed by atoms with Crippen molar-refractivity contribution < 1.29 is 18.7 Å². The summed E-state index contributed by atoms with van der Waals surface area (Å²) in [6.45, 7) is 1.89. The van der Waals surface area contributed by atoms with Gasteiger partial charge in [0.2, 0.25) is 0 Å². The Bertz CT molecular complexity index is 2220. The van der Waals surface area contributed by atoms with Crippen LogP contribution in [0.15, 0.2) is 114 Å². The normalized spacial score (nSPS) is 10.9. The van der Waals surface area contributed by atoms with Crippen LogP contribution in [0.5, 0.6) is 5.75 Å². The largest absolute Gasteiger partial charge is 0.492 e. The highest BCUT2D eigenvalue weighted by molar-refractivity contribution is 6.30. The van der Waals surface area contributed by atoms with Gasteiger partial charge < -0.3 is 39.6 Å². The fraction of sp³-hybridized carbons (Fsp3) is 0.200. The van der Waals surface area contributed by atoms with Crippen LogP contribution in [0, 0.1) is 0 Å². The summed E-state index contributed by atoms with van der Waals surface area (Å²) in [6.07, 6.45) is 2.67. The Labute approximate surface area is 301 Å². The Kier molecular flexibility index (Phi) is 11.1. The molecule has 0 saturated heterocycles. The van der Waals surface area contributed by atoms with E-state index >= 15 is 0 Å². The molecule has 3 aromatic heterocycles. The van der Waals surface area contributed by atoms with E-state index in [2.05, 4.69) is 38.8 Å². The van der Waals surface area contributed by atoms with Gasteiger partial charge in [-0.2, -0.15) is 0 Å². The summed E-state index contributed by atoms with van der Waals surface area (Å²) >= 11 is 5.97. The van der Waals surface area contributed by atoms with E-state index in [-0.39, 0.29) is 18.6 Å². The number of nitrogens with one attached hydrogen (secondary N) is 4. The number of methoxy groups -OCH3 is 1. The molecular formula is C40H41ClN6O4. The quantitative estimate of drug-likeness (QED) is 0.114. The first-order valence-electron chi connectivity index (χ1n) is 16.7. The SMILES string of the molecule is CN(Cc1cccc(Cl)c1)C(=O)NCCc1cc2ccccc2[nH]1.COc1c(CNC(=O)N(C)Cc2cccc3[nH]ccc23)oc2ccccc12. The molecule has 11 heteroatoms. The number of halogens is 1. The maximum atomic E-state index is 12.5. The van der Waals surface area contributed by atoms with Gasteiger partial charge >= 0.3 is 12.1 Å². The van der Waals surface area contributed by atoms with Crippen LogP contribution in [-0.4, -0.2) is 59.6 Å². The average Bonchev–Trinajstić information content (AvgIpc) is 3.87. The minimum absolute atomic E-state index is 0.0916. The van der Waals surface area contributed by atoms with Crippen molar-refractivity contribution in [3.8, 4) is 5.75 Å². The number of nitrogens with zero attached hydrogens (tertiary/aromatic N) is 2. The first-order valence-corrected chi connectivity index (χ1v) is 17.0. The molecule has 10 nitrogen and oxygen atoms in total. The van der Waals surface area contributed by atoms with Gasteiger partial charge in [0.15, 0.2) is 11.5 Å². The van der Waals surface area contributed by atoms with E-state index in [0.29, 0.717) is 36.2 Å². The number of rotatable bonds is 10. The predicted molar refractivity (Wildman–Crippen MR) is 203 cm³/mol. The second kappa shape index (κ2) is 16.2. The van der Waals surface area contributed by atoms with E-state index in [9.17, 15) is 9.59 Å². The van der Waals surface area contributed by atoms with Crippen LogP contribution in [0.1, 0.15) is 22.6 Å². The standard InChI is InChI=1S/C21H21N3O3.C19H20ClN3O/c1-24(13-14-6-5-8-17-15(14)10-11-22-17)21(25)23-12-19-20(26-2)16-7-3-4-9-18(16)27-19;1-23(13-14-5-4-7-16(20)11-14)19(24)21-10-9-17-12-15-6-2-3-8-18(15)22-17/h3-11,22H,12-13H2,1-2H3,(H,23,25);2-8,11-12,22H,9-10,13H2,1H3,(H,21,24). The van der Waals surface area contributed by atoms with Crippen LogP contribution in [0.2, 0.25) is 5.02 Å². The molecule has 7 rings (SSSR count). The van der Waals surface area contributed by atoms with Gasteiger partial charge in [-0.1, -0.05) is 66.2 Å². The van der Waals surface area contributed by atoms with Crippen molar-refractivity contribution in [2.45, 2.75) is 26.1 Å². The predicted octanol–water partition coefficient (Wildman–Crippen LogP) is 8.47. The van der Waals surface area contributed by atoms with Crippen molar-refractivity contribution in [3.63, 3.8) is 0 Å². The Hall–Kier alpha value is -5.87. The third-order valence-electron chi connectivity index (χ3n) is 8.57. The maximum Gasteiger partial charge on any atom is 0.317 e. The number of hydrogen-bond donors (Lipinski definition) is 4. The highest BCUT2D eigenvalue weighted by Crippen LogP contribution is 2.32. The fourth-order valence-electron chi connectivity index (χ4n) is 6.01. The molecule has 51 heavy (non-hydrogen) atoms. The number of amides is 4. The third-order valence-corrected chi connectivity index (χ3v) is 8.81. The molecule has 0 radical (unpaired) electrons. The lowest BCUT2D eigenvalue weighted by molar-refractivity contribution is 0.205. The maximum absolute atomic E-state index is 12.5. The lowest BCUT2D eigenvalue weighted by Gasteiger charge is -2.18. The van der Waals surface area contributed by atoms with Gasteiger partial charge in [-0.25, -0.2) is 9.59 Å². The van der Waals surface area contributed by atoms with E-state index in [1.165, 1.54) is 5.39 Å². The molecule has 0 aliphatic heterocycles. The molecule has 0 saturated carbocycles. The van der Waals surface area contributed by atoms with E-state index < -0.39 is 0 Å². The van der Waals surface area contributed by atoms with E-state index in [4.69, 9.17) is 20.8 Å². The third kappa shape index (κ3) is 8.66. The average molecular weight is 705 g/mol. The zero-order valence-corrected chi connectivity index (χ0v) is 29.6. The Morgan fingerprint density at radius 2 is 1.55 bits per heavy atom. The van der Waals surface area contributed by atoms with Gasteiger partial charge in [0.1, 0.15) is 5.58 Å². The van der Waals surface area contributed by atoms with Gasteiger partial charge in [0.25, 0.3) is 0 Å². The van der Waals surface area contributed by atoms with Crippen LogP contribution >= 0.6 is 11.6 Å². The molecule has 0 atom stereocenters. The number of urea groups is 2. The van der Waals surface area contributed by atoms with Crippen LogP contribution in [-0.2, 0) is 26.1 Å². The summed E-state index contributed by atoms with van der Waals surface area (Å²) in [7, 11) is 5.15. The zero-order valence-electron chi connectivity index (χ0n) is 28.8. The minimum atomic E-state index is -0.176. The summed E-state index contributed by atoms with van der Waals surface area (Å²) in [6, 6.07) is 33.3. The highest BCUT2D eigenvalue weighted by atomic mass is 35.5. The summed E-state index contributed by atoms with van der Waals surface area (Å²) < 4.78 is 11.3. The molecule has 0 aliphatic rings. The number of aromatic amines is 2. The molecular weight excluding hydrogens is 664 g/mol. The topological polar surface area (TPSA) is 119 Å². The fourth-order valence-corrected chi connectivity index (χ4v) is 6.22. The minimum Gasteiger partial charge on any atom is -0.492 e. The van der Waals surface area contributed by atoms with Crippen LogP contribution < -0.4 is 15.4 Å². The van der Waals surface area contributed by atoms with Crippen molar-refractivity contribution in [2.24, 2.45) is 0 Å². The number of ether oxygens (including phenoxy) is 1. The number of hydrogen-bond acceptors (Lipinski definition) is 4. The van der Waals surface area contributed by atoms with Crippen molar-refractivity contribution in [3.05, 3.63) is 137 Å². The van der Waals surface area contributed by atoms with Crippen molar-refractivity contribution >= 4 is 56.4 Å². The monoisotopic (exact) mass is 704 g/mol. The first kappa shape index (κ1) is 35.0. The molecule has 0 spiro atoms. The molecule has 0 bridgehead atoms. The van der Waals surface area contributed by atoms with Gasteiger partial charge in [0, 0.05) is 73.5 Å². The molecule has 0 unspecified atom stereocenters. The van der Waals surface area contributed by atoms with Crippen LogP contribution in [0.3, 0.4) is 0 Å². The summed E-state index contributed by atoms with van der Waals surface area (Å²) in [5.41, 5.74) is 6.15. The first-order chi connectivity index (χ1) is 24.8. The van der Waals surface area contributed by atoms with Crippen molar-refractivity contribution in [1.82, 2.24) is 30.4 Å². The second-order valence-corrected chi connectivity index (χ2v) is 12.7. The zero-order chi connectivity index (χ0) is 35.7. The van der Waals surface area contributed by atoms with Gasteiger partial charge in [-0.3, -0.25) is 0 Å². The molecule has 0 aliphatic carbocycles. The highest BCUT2D eigenvalue weighted by Gasteiger charge is 2.17. The molecule has 4 amide bonds. The van der Waals surface area contributed by atoms with Gasteiger partial charge in [-0.15, -0.1) is 0 Å². The number of aromatic nitrogens is 2. The Morgan fingerprint density at radius 1 is 0.804 bits per heavy atom. The van der Waals surface area contributed by atoms with E-state index in [1.807, 2.05) is 91.1 Å². The number of benzene rings is 4. The number of para-hydroxylation sites is 2. The molecule has 7 aromatic rings. The molecule has 4 aromatic carbocycles. The summed E-state index contributed by atoms with van der Waals surface area (Å²) in [5, 5.41) is 9.74. The van der Waals surface area contributed by atoms with Gasteiger partial charge in [-0.05, 0) is 65.0 Å². The lowest BCUT2D eigenvalue weighted by Crippen LogP contribution is -2.37. The summed E-state index contributed by atoms with van der Waals surface area (Å²) in [5.74, 6) is 1.26. The van der Waals surface area contributed by atoms with E-state index in [1.54, 1.807) is 31.0 Å².